The average Bonchev–Trinajstić information content (AvgIpc) is 2.77. The number of carbonyl (C=O) groups is 4. The number of amides is 2. The van der Waals surface area contributed by atoms with E-state index in [1.54, 1.807) is 7.05 Å². The Balaban J connectivity index is 0.00000267. The van der Waals surface area contributed by atoms with Crippen LogP contribution < -0.4 is 5.32 Å². The van der Waals surface area contributed by atoms with Crippen LogP contribution in [0.4, 0.5) is 0 Å². The van der Waals surface area contributed by atoms with Crippen molar-refractivity contribution >= 4 is 31.4 Å². The Labute approximate surface area is 212 Å². The van der Waals surface area contributed by atoms with E-state index in [0.717, 1.165) is 11.5 Å². The Morgan fingerprint density at radius 3 is 2.00 bits per heavy atom. The van der Waals surface area contributed by atoms with Gasteiger partial charge < -0.3 is 24.6 Å². The lowest BCUT2D eigenvalue weighted by molar-refractivity contribution is -0.153. The summed E-state index contributed by atoms with van der Waals surface area (Å²) in [5.74, 6) is -0.665. The second kappa shape index (κ2) is 15.3. The van der Waals surface area contributed by atoms with Crippen LogP contribution in [0.5, 0.6) is 0 Å². The van der Waals surface area contributed by atoms with E-state index in [4.69, 9.17) is 4.74 Å². The lowest BCUT2D eigenvalue weighted by Gasteiger charge is -2.39. The molecule has 0 aliphatic heterocycles. The van der Waals surface area contributed by atoms with E-state index in [9.17, 15) is 19.2 Å². The van der Waals surface area contributed by atoms with Crippen LogP contribution in [0.3, 0.4) is 0 Å². The van der Waals surface area contributed by atoms with E-state index >= 15 is 0 Å². The van der Waals surface area contributed by atoms with Gasteiger partial charge in [0.1, 0.15) is 6.04 Å². The predicted octanol–water partition coefficient (Wildman–Crippen LogP) is 2.51. The van der Waals surface area contributed by atoms with Crippen LogP contribution in [0, 0.1) is 11.8 Å². The van der Waals surface area contributed by atoms with Crippen molar-refractivity contribution in [3.8, 4) is 0 Å². The summed E-state index contributed by atoms with van der Waals surface area (Å²) in [5.41, 5.74) is 0.247. The monoisotopic (exact) mass is 488 g/mol. The van der Waals surface area contributed by atoms with Gasteiger partial charge in [0, 0.05) is 12.5 Å². The summed E-state index contributed by atoms with van der Waals surface area (Å²) in [6.45, 7) is 13.6. The van der Waals surface area contributed by atoms with Crippen molar-refractivity contribution in [2.75, 3.05) is 27.7 Å². The molecule has 0 aromatic heterocycles. The Morgan fingerprint density at radius 1 is 1.06 bits per heavy atom. The predicted molar refractivity (Wildman–Crippen MR) is 140 cm³/mol. The number of likely N-dealkylation sites (N-methyl/N-ethyl adjacent to an activating group) is 2. The SMILES string of the molecule is CC(C)C.COC(=O)[C@H](C(C)C)N(C)C(=O)CNC(=O)[C@@H](N(C)[B]C=O)C(C)(C)c1ccccc1. The normalized spacial score (nSPS) is 12.8. The molecule has 1 aromatic rings. The zero-order chi connectivity index (χ0) is 27.3. The fraction of sp³-hybridized carbons (Fsp3) is 0.615. The van der Waals surface area contributed by atoms with Crippen molar-refractivity contribution in [2.45, 2.75) is 66.0 Å². The molecule has 9 heteroatoms. The minimum absolute atomic E-state index is 0.157. The highest BCUT2D eigenvalue weighted by Crippen LogP contribution is 2.29. The van der Waals surface area contributed by atoms with Gasteiger partial charge in [-0.2, -0.15) is 0 Å². The molecule has 0 bridgehead atoms. The molecule has 2 atom stereocenters. The standard InChI is InChI=1S/C22H33BN3O5.C4H10/c1-15(2)18(21(30)31-7)25(5)17(28)13-24-20(29)19(26(6)23-14-27)22(3,4)16-11-9-8-10-12-16;1-4(2)3/h8-12,14-15,18-19H,13H2,1-7H3,(H,24,29);4H,1-3H3/t18-,19+;/m0./s1. The van der Waals surface area contributed by atoms with E-state index in [0.29, 0.717) is 6.19 Å². The van der Waals surface area contributed by atoms with Gasteiger partial charge in [0.05, 0.1) is 25.9 Å². The highest BCUT2D eigenvalue weighted by Gasteiger charge is 2.40. The molecule has 1 radical (unpaired) electrons. The maximum atomic E-state index is 13.1. The molecule has 2 amide bonds. The molecule has 0 aliphatic carbocycles. The van der Waals surface area contributed by atoms with Crippen molar-refractivity contribution in [3.63, 3.8) is 0 Å². The van der Waals surface area contributed by atoms with Gasteiger partial charge in [-0.15, -0.1) is 0 Å². The molecule has 195 valence electrons. The molecule has 0 saturated heterocycles. The molecule has 0 saturated carbocycles. The zero-order valence-corrected chi connectivity index (χ0v) is 23.0. The lowest BCUT2D eigenvalue weighted by atomic mass is 9.73. The number of carbonyl (C=O) groups excluding carboxylic acids is 4. The third kappa shape index (κ3) is 10.2. The van der Waals surface area contributed by atoms with Gasteiger partial charge in [0.25, 0.3) is 7.41 Å². The number of rotatable bonds is 11. The highest BCUT2D eigenvalue weighted by atomic mass is 16.5. The van der Waals surface area contributed by atoms with Crippen molar-refractivity contribution in [3.05, 3.63) is 35.9 Å². The van der Waals surface area contributed by atoms with E-state index in [-0.39, 0.29) is 12.5 Å². The van der Waals surface area contributed by atoms with Gasteiger partial charge in [-0.3, -0.25) is 9.59 Å². The van der Waals surface area contributed by atoms with Gasteiger partial charge in [0.2, 0.25) is 11.8 Å². The van der Waals surface area contributed by atoms with Gasteiger partial charge in [0.15, 0.2) is 0 Å². The maximum absolute atomic E-state index is 13.1. The molecule has 0 fully saturated rings. The Hall–Kier alpha value is -2.68. The first kappa shape index (κ1) is 32.3. The van der Waals surface area contributed by atoms with E-state index < -0.39 is 35.3 Å². The molecule has 35 heavy (non-hydrogen) atoms. The first-order valence-electron chi connectivity index (χ1n) is 11.9. The molecule has 0 spiro atoms. The van der Waals surface area contributed by atoms with E-state index in [2.05, 4.69) is 26.1 Å². The minimum Gasteiger partial charge on any atom is -0.467 e. The van der Waals surface area contributed by atoms with Crippen LogP contribution >= 0.6 is 0 Å². The van der Waals surface area contributed by atoms with Crippen LogP contribution in [-0.4, -0.2) is 80.9 Å². The topological polar surface area (TPSA) is 96.0 Å². The van der Waals surface area contributed by atoms with Gasteiger partial charge in [-0.25, -0.2) is 4.79 Å². The molecule has 0 heterocycles. The number of nitrogens with zero attached hydrogens (tertiary/aromatic N) is 2. The third-order valence-corrected chi connectivity index (χ3v) is 5.45. The maximum Gasteiger partial charge on any atom is 0.328 e. The fourth-order valence-corrected chi connectivity index (χ4v) is 3.77. The number of methoxy groups -OCH3 is 1. The molecular formula is C26H43BN3O5. The largest absolute Gasteiger partial charge is 0.467 e. The summed E-state index contributed by atoms with van der Waals surface area (Å²) in [6.07, 6.45) is 0.615. The highest BCUT2D eigenvalue weighted by molar-refractivity contribution is 6.64. The first-order chi connectivity index (χ1) is 16.2. The zero-order valence-electron chi connectivity index (χ0n) is 23.0. The number of benzene rings is 1. The summed E-state index contributed by atoms with van der Waals surface area (Å²) < 4.78 is 4.80. The molecule has 0 aliphatic rings. The summed E-state index contributed by atoms with van der Waals surface area (Å²) in [4.78, 5) is 51.8. The number of hydrogen-bond donors (Lipinski definition) is 1. The summed E-state index contributed by atoms with van der Waals surface area (Å²) in [6, 6.07) is 7.97. The van der Waals surface area contributed by atoms with Crippen LogP contribution in [0.25, 0.3) is 0 Å². The first-order valence-corrected chi connectivity index (χ1v) is 11.9. The van der Waals surface area contributed by atoms with Crippen LogP contribution in [0.1, 0.15) is 54.0 Å². The number of hydrogen-bond acceptors (Lipinski definition) is 6. The third-order valence-electron chi connectivity index (χ3n) is 5.45. The second-order valence-corrected chi connectivity index (χ2v) is 10.1. The van der Waals surface area contributed by atoms with Gasteiger partial charge in [-0.1, -0.05) is 78.8 Å². The van der Waals surface area contributed by atoms with Crippen molar-refractivity contribution < 1.29 is 23.9 Å². The lowest BCUT2D eigenvalue weighted by Crippen LogP contribution is -2.58. The summed E-state index contributed by atoms with van der Waals surface area (Å²) >= 11 is 0. The summed E-state index contributed by atoms with van der Waals surface area (Å²) in [5, 5.41) is 2.67. The van der Waals surface area contributed by atoms with Gasteiger partial charge >= 0.3 is 5.97 Å². The van der Waals surface area contributed by atoms with Crippen LogP contribution in [0.2, 0.25) is 0 Å². The van der Waals surface area contributed by atoms with Crippen LogP contribution in [-0.2, 0) is 29.3 Å². The number of esters is 1. The molecule has 1 N–H and O–H groups in total. The molecule has 1 aromatic carbocycles. The van der Waals surface area contributed by atoms with Crippen molar-refractivity contribution in [2.24, 2.45) is 11.8 Å². The number of ether oxygens (including phenoxy) is 1. The molecular weight excluding hydrogens is 445 g/mol. The fourth-order valence-electron chi connectivity index (χ4n) is 3.77. The summed E-state index contributed by atoms with van der Waals surface area (Å²) in [7, 11) is 5.71. The Morgan fingerprint density at radius 2 is 1.57 bits per heavy atom. The van der Waals surface area contributed by atoms with E-state index in [1.165, 1.54) is 31.3 Å². The van der Waals surface area contributed by atoms with E-state index in [1.807, 2.05) is 58.0 Å². The average molecular weight is 488 g/mol. The van der Waals surface area contributed by atoms with Crippen molar-refractivity contribution in [1.82, 2.24) is 15.0 Å². The second-order valence-electron chi connectivity index (χ2n) is 10.1. The van der Waals surface area contributed by atoms with Gasteiger partial charge in [-0.05, 0) is 24.4 Å². The Kier molecular flexibility index (Phi) is 14.2. The molecule has 8 nitrogen and oxygen atoms in total. The molecule has 1 rings (SSSR count). The van der Waals surface area contributed by atoms with Crippen LogP contribution in [0.15, 0.2) is 30.3 Å². The molecule has 0 unspecified atom stereocenters. The Bertz CT molecular complexity index is 812. The minimum atomic E-state index is -0.753. The quantitative estimate of drug-likeness (QED) is 0.292. The number of nitrogens with one attached hydrogen (secondary N) is 1. The smallest absolute Gasteiger partial charge is 0.328 e. The van der Waals surface area contributed by atoms with Crippen molar-refractivity contribution in [1.29, 1.82) is 0 Å².